The van der Waals surface area contributed by atoms with E-state index in [1.54, 1.807) is 12.5 Å². The van der Waals surface area contributed by atoms with Gasteiger partial charge in [0.15, 0.2) is 0 Å². The van der Waals surface area contributed by atoms with Crippen molar-refractivity contribution in [2.75, 3.05) is 7.11 Å². The van der Waals surface area contributed by atoms with Gasteiger partial charge in [-0.25, -0.2) is 4.79 Å². The van der Waals surface area contributed by atoms with Crippen LogP contribution in [0.15, 0.2) is 16.9 Å². The van der Waals surface area contributed by atoms with Crippen LogP contribution in [-0.2, 0) is 21.5 Å². The van der Waals surface area contributed by atoms with Crippen molar-refractivity contribution in [1.82, 2.24) is 0 Å². The molecular weight excluding hydrogens is 194 g/mol. The SMILES string of the molecule is COC(=O)C1(N)c2cocc2CCC1C. The lowest BCUT2D eigenvalue weighted by atomic mass is 9.72. The highest BCUT2D eigenvalue weighted by molar-refractivity contribution is 5.83. The third-order valence-electron chi connectivity index (χ3n) is 3.33. The summed E-state index contributed by atoms with van der Waals surface area (Å²) in [4.78, 5) is 11.8. The van der Waals surface area contributed by atoms with Gasteiger partial charge in [-0.1, -0.05) is 6.92 Å². The fraction of sp³-hybridized carbons (Fsp3) is 0.545. The maximum absolute atomic E-state index is 11.8. The molecule has 0 saturated heterocycles. The number of fused-ring (bicyclic) bond motifs is 1. The third kappa shape index (κ3) is 1.28. The van der Waals surface area contributed by atoms with Gasteiger partial charge in [-0.15, -0.1) is 0 Å². The molecule has 15 heavy (non-hydrogen) atoms. The molecule has 0 aromatic carbocycles. The summed E-state index contributed by atoms with van der Waals surface area (Å²) >= 11 is 0. The Hall–Kier alpha value is -1.29. The second-order valence-corrected chi connectivity index (χ2v) is 4.11. The van der Waals surface area contributed by atoms with E-state index in [-0.39, 0.29) is 5.92 Å². The van der Waals surface area contributed by atoms with E-state index in [9.17, 15) is 4.79 Å². The maximum Gasteiger partial charge on any atom is 0.330 e. The molecule has 4 heteroatoms. The largest absolute Gasteiger partial charge is 0.472 e. The number of hydrogen-bond donors (Lipinski definition) is 1. The van der Waals surface area contributed by atoms with Crippen LogP contribution in [0.4, 0.5) is 0 Å². The highest BCUT2D eigenvalue weighted by Crippen LogP contribution is 2.39. The summed E-state index contributed by atoms with van der Waals surface area (Å²) in [5, 5.41) is 0. The van der Waals surface area contributed by atoms with Crippen molar-refractivity contribution in [3.8, 4) is 0 Å². The zero-order chi connectivity index (χ0) is 11.1. The summed E-state index contributed by atoms with van der Waals surface area (Å²) in [6.45, 7) is 1.97. The fourth-order valence-electron chi connectivity index (χ4n) is 2.23. The molecule has 0 aliphatic heterocycles. The average molecular weight is 209 g/mol. The van der Waals surface area contributed by atoms with E-state index in [2.05, 4.69) is 0 Å². The number of rotatable bonds is 1. The first-order valence-electron chi connectivity index (χ1n) is 5.03. The number of hydrogen-bond acceptors (Lipinski definition) is 4. The first-order valence-corrected chi connectivity index (χ1v) is 5.03. The van der Waals surface area contributed by atoms with Crippen LogP contribution in [0, 0.1) is 5.92 Å². The van der Waals surface area contributed by atoms with Gasteiger partial charge in [0.2, 0.25) is 0 Å². The van der Waals surface area contributed by atoms with Gasteiger partial charge in [0.05, 0.1) is 19.6 Å². The molecule has 0 spiro atoms. The first kappa shape index (κ1) is 10.2. The molecule has 1 aliphatic carbocycles. The molecular formula is C11H15NO3. The van der Waals surface area contributed by atoms with Crippen LogP contribution in [0.5, 0.6) is 0 Å². The first-order chi connectivity index (χ1) is 7.10. The highest BCUT2D eigenvalue weighted by Gasteiger charge is 2.47. The molecule has 2 unspecified atom stereocenters. The quantitative estimate of drug-likeness (QED) is 0.705. The average Bonchev–Trinajstić information content (AvgIpc) is 2.71. The Morgan fingerprint density at radius 2 is 2.40 bits per heavy atom. The van der Waals surface area contributed by atoms with E-state index >= 15 is 0 Å². The standard InChI is InChI=1S/C11H15NO3/c1-7-3-4-8-5-15-6-9(8)11(7,12)10(13)14-2/h5-7H,3-4,12H2,1-2H3. The smallest absolute Gasteiger partial charge is 0.330 e. The number of aryl methyl sites for hydroxylation is 1. The van der Waals surface area contributed by atoms with Crippen molar-refractivity contribution in [2.24, 2.45) is 11.7 Å². The van der Waals surface area contributed by atoms with E-state index in [1.165, 1.54) is 7.11 Å². The van der Waals surface area contributed by atoms with Crippen molar-refractivity contribution in [2.45, 2.75) is 25.3 Å². The van der Waals surface area contributed by atoms with E-state index in [0.717, 1.165) is 24.0 Å². The minimum atomic E-state index is -1.05. The Labute approximate surface area is 88.4 Å². The molecule has 0 bridgehead atoms. The van der Waals surface area contributed by atoms with Crippen molar-refractivity contribution in [3.63, 3.8) is 0 Å². The molecule has 4 nitrogen and oxygen atoms in total. The van der Waals surface area contributed by atoms with Gasteiger partial charge in [-0.05, 0) is 24.3 Å². The molecule has 2 atom stereocenters. The van der Waals surface area contributed by atoms with Gasteiger partial charge >= 0.3 is 5.97 Å². The fourth-order valence-corrected chi connectivity index (χ4v) is 2.23. The van der Waals surface area contributed by atoms with Gasteiger partial charge in [0.1, 0.15) is 5.54 Å². The molecule has 0 fully saturated rings. The molecule has 1 aliphatic rings. The van der Waals surface area contributed by atoms with Crippen LogP contribution in [0.25, 0.3) is 0 Å². The zero-order valence-corrected chi connectivity index (χ0v) is 8.95. The van der Waals surface area contributed by atoms with Crippen molar-refractivity contribution in [3.05, 3.63) is 23.7 Å². The number of esters is 1. The molecule has 2 N–H and O–H groups in total. The lowest BCUT2D eigenvalue weighted by Gasteiger charge is -2.36. The topological polar surface area (TPSA) is 65.5 Å². The zero-order valence-electron chi connectivity index (χ0n) is 8.95. The lowest BCUT2D eigenvalue weighted by Crippen LogP contribution is -2.53. The van der Waals surface area contributed by atoms with Crippen LogP contribution >= 0.6 is 0 Å². The number of ether oxygens (including phenoxy) is 1. The summed E-state index contributed by atoms with van der Waals surface area (Å²) in [5.74, 6) is -0.326. The minimum absolute atomic E-state index is 0.0649. The number of nitrogens with two attached hydrogens (primary N) is 1. The summed E-state index contributed by atoms with van der Waals surface area (Å²) < 4.78 is 9.90. The minimum Gasteiger partial charge on any atom is -0.472 e. The van der Waals surface area contributed by atoms with Gasteiger partial charge in [0.25, 0.3) is 0 Å². The van der Waals surface area contributed by atoms with E-state index in [1.807, 2.05) is 6.92 Å². The maximum atomic E-state index is 11.8. The summed E-state index contributed by atoms with van der Waals surface area (Å²) in [6, 6.07) is 0. The predicted molar refractivity (Wildman–Crippen MR) is 54.1 cm³/mol. The third-order valence-corrected chi connectivity index (χ3v) is 3.33. The Morgan fingerprint density at radius 1 is 1.67 bits per heavy atom. The van der Waals surface area contributed by atoms with Crippen LogP contribution < -0.4 is 5.73 Å². The monoisotopic (exact) mass is 209 g/mol. The Kier molecular flexibility index (Phi) is 2.31. The number of carbonyl (C=O) groups is 1. The molecule has 0 radical (unpaired) electrons. The predicted octanol–water partition coefficient (Wildman–Crippen LogP) is 1.19. The molecule has 82 valence electrons. The van der Waals surface area contributed by atoms with E-state index in [0.29, 0.717) is 0 Å². The second kappa shape index (κ2) is 3.38. The molecule has 2 rings (SSSR count). The van der Waals surface area contributed by atoms with E-state index < -0.39 is 11.5 Å². The number of methoxy groups -OCH3 is 1. The number of carbonyl (C=O) groups excluding carboxylic acids is 1. The number of furan rings is 1. The van der Waals surface area contributed by atoms with Crippen LogP contribution in [0.3, 0.4) is 0 Å². The Morgan fingerprint density at radius 3 is 3.07 bits per heavy atom. The van der Waals surface area contributed by atoms with Gasteiger partial charge in [-0.3, -0.25) is 0 Å². The normalized spacial score (nSPS) is 29.7. The molecule has 0 amide bonds. The lowest BCUT2D eigenvalue weighted by molar-refractivity contribution is -0.150. The van der Waals surface area contributed by atoms with Crippen LogP contribution in [0.1, 0.15) is 24.5 Å². The Bertz CT molecular complexity index is 385. The molecule has 1 heterocycles. The second-order valence-electron chi connectivity index (χ2n) is 4.11. The van der Waals surface area contributed by atoms with Gasteiger partial charge in [-0.2, -0.15) is 0 Å². The van der Waals surface area contributed by atoms with Crippen LogP contribution in [0.2, 0.25) is 0 Å². The van der Waals surface area contributed by atoms with Crippen LogP contribution in [-0.4, -0.2) is 13.1 Å². The molecule has 0 saturated carbocycles. The summed E-state index contributed by atoms with van der Waals surface area (Å²) in [7, 11) is 1.36. The van der Waals surface area contributed by atoms with Crippen molar-refractivity contribution >= 4 is 5.97 Å². The summed E-state index contributed by atoms with van der Waals surface area (Å²) in [5.41, 5.74) is 6.92. The van der Waals surface area contributed by atoms with Gasteiger partial charge < -0.3 is 14.9 Å². The van der Waals surface area contributed by atoms with Crippen molar-refractivity contribution in [1.29, 1.82) is 0 Å². The van der Waals surface area contributed by atoms with E-state index in [4.69, 9.17) is 14.9 Å². The van der Waals surface area contributed by atoms with Crippen molar-refractivity contribution < 1.29 is 13.9 Å². The molecule has 1 aromatic heterocycles. The Balaban J connectivity index is 2.51. The highest BCUT2D eigenvalue weighted by atomic mass is 16.5. The summed E-state index contributed by atoms with van der Waals surface area (Å²) in [6.07, 6.45) is 4.99. The van der Waals surface area contributed by atoms with Gasteiger partial charge in [0, 0.05) is 5.56 Å². The molecule has 1 aromatic rings.